The first-order chi connectivity index (χ1) is 12.2. The third-order valence-corrected chi connectivity index (χ3v) is 8.72. The maximum atomic E-state index is 14.9. The fourth-order valence-electron chi connectivity index (χ4n) is 4.35. The Hall–Kier alpha value is -2.11. The van der Waals surface area contributed by atoms with Gasteiger partial charge in [-0.1, -0.05) is 65.7 Å². The molecule has 0 heterocycles. The van der Waals surface area contributed by atoms with Gasteiger partial charge in [0.1, 0.15) is 0 Å². The topological polar surface area (TPSA) is 17.1 Å². The number of hydrogen-bond acceptors (Lipinski definition) is 1. The Balaban J connectivity index is 2.47. The summed E-state index contributed by atoms with van der Waals surface area (Å²) in [5.74, 6) is 0. The molecule has 0 unspecified atom stereocenters. The van der Waals surface area contributed by atoms with Gasteiger partial charge in [0.15, 0.2) is 7.14 Å². The lowest BCUT2D eigenvalue weighted by Gasteiger charge is -2.27. The molecule has 0 saturated heterocycles. The number of aryl methyl sites for hydroxylation is 6. The zero-order valence-electron chi connectivity index (χ0n) is 16.6. The van der Waals surface area contributed by atoms with Gasteiger partial charge in [-0.15, -0.1) is 0 Å². The lowest BCUT2D eigenvalue weighted by Crippen LogP contribution is -2.31. The van der Waals surface area contributed by atoms with Gasteiger partial charge in [-0.3, -0.25) is 0 Å². The van der Waals surface area contributed by atoms with Crippen LogP contribution in [0.1, 0.15) is 33.4 Å². The SMILES string of the molecule is Cc1cc(C)c(P(=O)(c2ccccc2)c2c(C)cc(C)cc2C)c(C)c1. The van der Waals surface area contributed by atoms with Crippen LogP contribution in [0, 0.1) is 41.5 Å². The Bertz CT molecular complexity index is 908. The Morgan fingerprint density at radius 2 is 0.923 bits per heavy atom. The molecule has 3 rings (SSSR count). The smallest absolute Gasteiger partial charge is 0.172 e. The first-order valence-electron chi connectivity index (χ1n) is 9.07. The summed E-state index contributed by atoms with van der Waals surface area (Å²) in [5.41, 5.74) is 6.84. The van der Waals surface area contributed by atoms with Crippen LogP contribution in [0.15, 0.2) is 54.6 Å². The molecule has 0 N–H and O–H groups in total. The number of benzene rings is 3. The predicted molar refractivity (Wildman–Crippen MR) is 114 cm³/mol. The molecule has 1 nitrogen and oxygen atoms in total. The van der Waals surface area contributed by atoms with Crippen molar-refractivity contribution in [2.45, 2.75) is 41.5 Å². The lowest BCUT2D eigenvalue weighted by atomic mass is 10.1. The highest BCUT2D eigenvalue weighted by atomic mass is 31.2. The summed E-state index contributed by atoms with van der Waals surface area (Å²) in [7, 11) is -2.97. The minimum absolute atomic E-state index is 0.908. The van der Waals surface area contributed by atoms with Crippen LogP contribution in [-0.2, 0) is 4.57 Å². The molecule has 0 radical (unpaired) electrons. The minimum atomic E-state index is -2.97. The molecule has 0 atom stereocenters. The normalized spacial score (nSPS) is 11.6. The first-order valence-corrected chi connectivity index (χ1v) is 10.8. The van der Waals surface area contributed by atoms with Crippen LogP contribution < -0.4 is 15.9 Å². The van der Waals surface area contributed by atoms with Crippen molar-refractivity contribution in [2.75, 3.05) is 0 Å². The molecule has 2 heteroatoms. The van der Waals surface area contributed by atoms with Gasteiger partial charge in [-0.25, -0.2) is 0 Å². The molecular formula is C24H27OP. The second-order valence-corrected chi connectivity index (χ2v) is 10.1. The molecule has 0 spiro atoms. The van der Waals surface area contributed by atoms with Gasteiger partial charge in [0.2, 0.25) is 0 Å². The van der Waals surface area contributed by atoms with Crippen LogP contribution in [0.5, 0.6) is 0 Å². The molecule has 26 heavy (non-hydrogen) atoms. The van der Waals surface area contributed by atoms with Gasteiger partial charge in [0, 0.05) is 15.9 Å². The average Bonchev–Trinajstić information content (AvgIpc) is 2.53. The van der Waals surface area contributed by atoms with E-state index in [1.807, 2.05) is 30.3 Å². The molecule has 0 bridgehead atoms. The zero-order chi connectivity index (χ0) is 19.1. The summed E-state index contributed by atoms with van der Waals surface area (Å²) >= 11 is 0. The summed E-state index contributed by atoms with van der Waals surface area (Å²) in [6.07, 6.45) is 0. The van der Waals surface area contributed by atoms with Crippen LogP contribution in [0.2, 0.25) is 0 Å². The van der Waals surface area contributed by atoms with E-state index in [1.54, 1.807) is 0 Å². The van der Waals surface area contributed by atoms with Crippen molar-refractivity contribution in [2.24, 2.45) is 0 Å². The quantitative estimate of drug-likeness (QED) is 0.587. The van der Waals surface area contributed by atoms with Crippen LogP contribution >= 0.6 is 7.14 Å². The largest absolute Gasteiger partial charge is 0.309 e. The number of rotatable bonds is 3. The highest BCUT2D eigenvalue weighted by molar-refractivity contribution is 7.85. The Morgan fingerprint density at radius 1 is 0.577 bits per heavy atom. The third kappa shape index (κ3) is 3.06. The molecule has 0 aliphatic carbocycles. The Kier molecular flexibility index (Phi) is 4.95. The molecular weight excluding hydrogens is 335 g/mol. The highest BCUT2D eigenvalue weighted by Crippen LogP contribution is 2.46. The summed E-state index contributed by atoms with van der Waals surface area (Å²) in [4.78, 5) is 0. The summed E-state index contributed by atoms with van der Waals surface area (Å²) in [6.45, 7) is 12.5. The van der Waals surface area contributed by atoms with E-state index in [4.69, 9.17) is 0 Å². The van der Waals surface area contributed by atoms with E-state index < -0.39 is 7.14 Å². The maximum absolute atomic E-state index is 14.9. The van der Waals surface area contributed by atoms with Gasteiger partial charge in [0.05, 0.1) is 0 Å². The van der Waals surface area contributed by atoms with Gasteiger partial charge in [-0.2, -0.15) is 0 Å². The van der Waals surface area contributed by atoms with E-state index in [-0.39, 0.29) is 0 Å². The fourth-order valence-corrected chi connectivity index (χ4v) is 7.92. The van der Waals surface area contributed by atoms with Gasteiger partial charge in [0.25, 0.3) is 0 Å². The monoisotopic (exact) mass is 362 g/mol. The van der Waals surface area contributed by atoms with Gasteiger partial charge < -0.3 is 4.57 Å². The van der Waals surface area contributed by atoms with Gasteiger partial charge in [-0.05, 0) is 63.8 Å². The van der Waals surface area contributed by atoms with E-state index in [0.29, 0.717) is 0 Å². The minimum Gasteiger partial charge on any atom is -0.309 e. The summed E-state index contributed by atoms with van der Waals surface area (Å²) < 4.78 is 14.9. The van der Waals surface area contributed by atoms with Crippen molar-refractivity contribution in [3.05, 3.63) is 88.0 Å². The van der Waals surface area contributed by atoms with Crippen molar-refractivity contribution in [3.8, 4) is 0 Å². The van der Waals surface area contributed by atoms with E-state index in [9.17, 15) is 4.57 Å². The van der Waals surface area contributed by atoms with E-state index in [0.717, 1.165) is 38.2 Å². The lowest BCUT2D eigenvalue weighted by molar-refractivity contribution is 0.592. The van der Waals surface area contributed by atoms with E-state index >= 15 is 0 Å². The van der Waals surface area contributed by atoms with Crippen molar-refractivity contribution < 1.29 is 4.57 Å². The molecule has 0 amide bonds. The molecule has 3 aromatic carbocycles. The first kappa shape index (κ1) is 18.7. The molecule has 3 aromatic rings. The van der Waals surface area contributed by atoms with Crippen molar-refractivity contribution in [3.63, 3.8) is 0 Å². The predicted octanol–water partition coefficient (Wildman–Crippen LogP) is 5.18. The van der Waals surface area contributed by atoms with Crippen molar-refractivity contribution in [1.29, 1.82) is 0 Å². The van der Waals surface area contributed by atoms with Crippen LogP contribution in [0.4, 0.5) is 0 Å². The summed E-state index contributed by atoms with van der Waals surface area (Å²) in [5, 5.41) is 2.89. The molecule has 0 aromatic heterocycles. The number of hydrogen-bond donors (Lipinski definition) is 0. The Labute approximate surface area is 157 Å². The second-order valence-electron chi connectivity index (χ2n) is 7.44. The van der Waals surface area contributed by atoms with Crippen molar-refractivity contribution >= 4 is 23.1 Å². The summed E-state index contributed by atoms with van der Waals surface area (Å²) in [6, 6.07) is 18.6. The van der Waals surface area contributed by atoms with Gasteiger partial charge >= 0.3 is 0 Å². The molecule has 0 fully saturated rings. The van der Waals surface area contributed by atoms with Crippen LogP contribution in [0.3, 0.4) is 0 Å². The van der Waals surface area contributed by atoms with E-state index in [2.05, 4.69) is 65.8 Å². The maximum Gasteiger partial charge on any atom is 0.172 e. The second kappa shape index (κ2) is 6.89. The molecule has 0 saturated carbocycles. The molecule has 134 valence electrons. The highest BCUT2D eigenvalue weighted by Gasteiger charge is 2.35. The van der Waals surface area contributed by atoms with Crippen LogP contribution in [-0.4, -0.2) is 0 Å². The zero-order valence-corrected chi connectivity index (χ0v) is 17.4. The molecule has 0 aliphatic rings. The molecule has 0 aliphatic heterocycles. The van der Waals surface area contributed by atoms with E-state index in [1.165, 1.54) is 11.1 Å². The Morgan fingerprint density at radius 3 is 1.27 bits per heavy atom. The van der Waals surface area contributed by atoms with Crippen molar-refractivity contribution in [1.82, 2.24) is 0 Å². The average molecular weight is 362 g/mol. The fraction of sp³-hybridized carbons (Fsp3) is 0.250. The standard InChI is InChI=1S/C24H27OP/c1-16-12-18(3)23(19(4)13-16)26(25,22-10-8-7-9-11-22)24-20(5)14-17(2)15-21(24)6/h7-15H,1-6H3. The third-order valence-electron chi connectivity index (χ3n) is 5.02. The van der Waals surface area contributed by atoms with Crippen LogP contribution in [0.25, 0.3) is 0 Å².